The number of aromatic nitrogens is 1. The molecule has 0 amide bonds. The second-order valence-electron chi connectivity index (χ2n) is 3.81. The van der Waals surface area contributed by atoms with Crippen molar-refractivity contribution in [1.29, 1.82) is 0 Å². The molecule has 0 radical (unpaired) electrons. The summed E-state index contributed by atoms with van der Waals surface area (Å²) in [6, 6.07) is 4.29. The Balaban J connectivity index is 1.80. The monoisotopic (exact) mass is 236 g/mol. The van der Waals surface area contributed by atoms with E-state index in [0.717, 1.165) is 24.4 Å². The highest BCUT2D eigenvalue weighted by atomic mass is 32.1. The fourth-order valence-corrected chi connectivity index (χ4v) is 2.52. The molecule has 3 nitrogen and oxygen atoms in total. The summed E-state index contributed by atoms with van der Waals surface area (Å²) in [7, 11) is 0. The van der Waals surface area contributed by atoms with Crippen LogP contribution in [0.4, 0.5) is 0 Å². The standard InChI is InChI=1S/C12H16N2OS/c1-9(12-10(2)14-8-16-12)13-6-5-11-4-3-7-15-11/h3-4,7-9,13H,5-6H2,1-2H3. The van der Waals surface area contributed by atoms with Crippen molar-refractivity contribution in [2.75, 3.05) is 6.54 Å². The quantitative estimate of drug-likeness (QED) is 0.867. The minimum Gasteiger partial charge on any atom is -0.469 e. The van der Waals surface area contributed by atoms with E-state index in [1.54, 1.807) is 17.6 Å². The second-order valence-corrected chi connectivity index (χ2v) is 4.69. The van der Waals surface area contributed by atoms with Crippen molar-refractivity contribution in [3.8, 4) is 0 Å². The second kappa shape index (κ2) is 5.27. The fourth-order valence-electron chi connectivity index (χ4n) is 1.69. The van der Waals surface area contributed by atoms with Crippen LogP contribution in [0.15, 0.2) is 28.3 Å². The number of hydrogen-bond acceptors (Lipinski definition) is 4. The molecule has 1 unspecified atom stereocenters. The number of thiazole rings is 1. The minimum atomic E-state index is 0.363. The van der Waals surface area contributed by atoms with Crippen molar-refractivity contribution in [2.45, 2.75) is 26.3 Å². The predicted octanol–water partition coefficient (Wildman–Crippen LogP) is 2.94. The first-order chi connectivity index (χ1) is 7.77. The summed E-state index contributed by atoms with van der Waals surface area (Å²) in [6.07, 6.45) is 2.64. The summed E-state index contributed by atoms with van der Waals surface area (Å²) in [5.41, 5.74) is 3.03. The van der Waals surface area contributed by atoms with Gasteiger partial charge in [-0.1, -0.05) is 0 Å². The third-order valence-electron chi connectivity index (χ3n) is 2.58. The number of hydrogen-bond donors (Lipinski definition) is 1. The molecule has 0 saturated heterocycles. The molecule has 16 heavy (non-hydrogen) atoms. The molecule has 0 aliphatic carbocycles. The van der Waals surface area contributed by atoms with Gasteiger partial charge in [-0.25, -0.2) is 4.98 Å². The average molecular weight is 236 g/mol. The van der Waals surface area contributed by atoms with Gasteiger partial charge in [-0.05, 0) is 26.0 Å². The SMILES string of the molecule is Cc1ncsc1C(C)NCCc1ccco1. The summed E-state index contributed by atoms with van der Waals surface area (Å²) in [5, 5.41) is 3.47. The van der Waals surface area contributed by atoms with Crippen molar-refractivity contribution in [3.63, 3.8) is 0 Å². The number of nitrogens with zero attached hydrogens (tertiary/aromatic N) is 1. The molecule has 2 aromatic heterocycles. The van der Waals surface area contributed by atoms with Crippen LogP contribution in [-0.2, 0) is 6.42 Å². The Bertz CT molecular complexity index is 422. The molecule has 0 aliphatic rings. The van der Waals surface area contributed by atoms with E-state index in [9.17, 15) is 0 Å². The molecule has 2 aromatic rings. The molecule has 86 valence electrons. The van der Waals surface area contributed by atoms with Crippen LogP contribution >= 0.6 is 11.3 Å². The Morgan fingerprint density at radius 3 is 3.06 bits per heavy atom. The summed E-state index contributed by atoms with van der Waals surface area (Å²) >= 11 is 1.71. The van der Waals surface area contributed by atoms with Crippen molar-refractivity contribution in [1.82, 2.24) is 10.3 Å². The van der Waals surface area contributed by atoms with E-state index in [1.807, 2.05) is 17.6 Å². The van der Waals surface area contributed by atoms with Crippen LogP contribution in [0.2, 0.25) is 0 Å². The topological polar surface area (TPSA) is 38.1 Å². The van der Waals surface area contributed by atoms with E-state index in [1.165, 1.54) is 4.88 Å². The maximum atomic E-state index is 5.28. The first-order valence-electron chi connectivity index (χ1n) is 5.43. The van der Waals surface area contributed by atoms with Crippen molar-refractivity contribution in [2.24, 2.45) is 0 Å². The number of nitrogens with one attached hydrogen (secondary N) is 1. The van der Waals surface area contributed by atoms with Gasteiger partial charge in [0.05, 0.1) is 17.5 Å². The Hall–Kier alpha value is -1.13. The lowest BCUT2D eigenvalue weighted by Gasteiger charge is -2.11. The van der Waals surface area contributed by atoms with E-state index in [2.05, 4.69) is 24.1 Å². The van der Waals surface area contributed by atoms with Crippen molar-refractivity contribution < 1.29 is 4.42 Å². The van der Waals surface area contributed by atoms with Crippen LogP contribution in [0.1, 0.15) is 29.3 Å². The third kappa shape index (κ3) is 2.71. The lowest BCUT2D eigenvalue weighted by atomic mass is 10.2. The number of furan rings is 1. The Kier molecular flexibility index (Phi) is 3.74. The predicted molar refractivity (Wildman–Crippen MR) is 65.7 cm³/mol. The van der Waals surface area contributed by atoms with Crippen LogP contribution in [0, 0.1) is 6.92 Å². The van der Waals surface area contributed by atoms with E-state index in [0.29, 0.717) is 6.04 Å². The van der Waals surface area contributed by atoms with Crippen LogP contribution in [-0.4, -0.2) is 11.5 Å². The molecular formula is C12H16N2OS. The van der Waals surface area contributed by atoms with Gasteiger partial charge in [0.1, 0.15) is 5.76 Å². The zero-order valence-electron chi connectivity index (χ0n) is 9.56. The molecule has 0 saturated carbocycles. The molecule has 1 N–H and O–H groups in total. The zero-order valence-corrected chi connectivity index (χ0v) is 10.4. The fraction of sp³-hybridized carbons (Fsp3) is 0.417. The van der Waals surface area contributed by atoms with Gasteiger partial charge in [-0.3, -0.25) is 0 Å². The molecule has 0 bridgehead atoms. The first-order valence-corrected chi connectivity index (χ1v) is 6.31. The lowest BCUT2D eigenvalue weighted by Crippen LogP contribution is -2.21. The highest BCUT2D eigenvalue weighted by Crippen LogP contribution is 2.20. The Morgan fingerprint density at radius 1 is 1.56 bits per heavy atom. The lowest BCUT2D eigenvalue weighted by molar-refractivity contribution is 0.487. The molecular weight excluding hydrogens is 220 g/mol. The van der Waals surface area contributed by atoms with Crippen LogP contribution in [0.3, 0.4) is 0 Å². The molecule has 1 atom stereocenters. The summed E-state index contributed by atoms with van der Waals surface area (Å²) in [4.78, 5) is 5.57. The highest BCUT2D eigenvalue weighted by molar-refractivity contribution is 7.09. The van der Waals surface area contributed by atoms with E-state index in [4.69, 9.17) is 4.42 Å². The van der Waals surface area contributed by atoms with Gasteiger partial charge in [0, 0.05) is 23.9 Å². The number of aryl methyl sites for hydroxylation is 1. The van der Waals surface area contributed by atoms with Gasteiger partial charge in [0.2, 0.25) is 0 Å². The molecule has 2 rings (SSSR count). The molecule has 0 spiro atoms. The first kappa shape index (κ1) is 11.4. The number of rotatable bonds is 5. The summed E-state index contributed by atoms with van der Waals surface area (Å²) in [6.45, 7) is 5.14. The smallest absolute Gasteiger partial charge is 0.105 e. The van der Waals surface area contributed by atoms with Crippen LogP contribution < -0.4 is 5.32 Å². The third-order valence-corrected chi connectivity index (χ3v) is 3.69. The van der Waals surface area contributed by atoms with Gasteiger partial charge < -0.3 is 9.73 Å². The Morgan fingerprint density at radius 2 is 2.44 bits per heavy atom. The summed E-state index contributed by atoms with van der Waals surface area (Å²) in [5.74, 6) is 1.03. The van der Waals surface area contributed by atoms with Gasteiger partial charge >= 0.3 is 0 Å². The molecule has 0 aliphatic heterocycles. The van der Waals surface area contributed by atoms with Gasteiger partial charge in [-0.15, -0.1) is 11.3 Å². The normalized spacial score (nSPS) is 12.9. The van der Waals surface area contributed by atoms with Crippen LogP contribution in [0.25, 0.3) is 0 Å². The summed E-state index contributed by atoms with van der Waals surface area (Å²) < 4.78 is 5.28. The highest BCUT2D eigenvalue weighted by Gasteiger charge is 2.09. The maximum Gasteiger partial charge on any atom is 0.105 e. The van der Waals surface area contributed by atoms with E-state index >= 15 is 0 Å². The van der Waals surface area contributed by atoms with Gasteiger partial charge in [0.15, 0.2) is 0 Å². The average Bonchev–Trinajstić information content (AvgIpc) is 2.88. The minimum absolute atomic E-state index is 0.363. The van der Waals surface area contributed by atoms with Crippen molar-refractivity contribution >= 4 is 11.3 Å². The van der Waals surface area contributed by atoms with Crippen LogP contribution in [0.5, 0.6) is 0 Å². The largest absolute Gasteiger partial charge is 0.469 e. The molecule has 4 heteroatoms. The maximum absolute atomic E-state index is 5.28. The van der Waals surface area contributed by atoms with E-state index < -0.39 is 0 Å². The molecule has 0 aromatic carbocycles. The molecule has 0 fully saturated rings. The zero-order chi connectivity index (χ0) is 11.4. The Labute approximate surface area is 99.5 Å². The molecule has 2 heterocycles. The van der Waals surface area contributed by atoms with Gasteiger partial charge in [0.25, 0.3) is 0 Å². The van der Waals surface area contributed by atoms with Gasteiger partial charge in [-0.2, -0.15) is 0 Å². The van der Waals surface area contributed by atoms with E-state index in [-0.39, 0.29) is 0 Å². The van der Waals surface area contributed by atoms with Crippen molar-refractivity contribution in [3.05, 3.63) is 40.2 Å².